The molecule has 1 aliphatic heterocycles. The van der Waals surface area contributed by atoms with E-state index in [1.807, 2.05) is 54.6 Å². The minimum absolute atomic E-state index is 0.172. The number of para-hydroxylation sites is 1. The van der Waals surface area contributed by atoms with E-state index in [-0.39, 0.29) is 5.91 Å². The summed E-state index contributed by atoms with van der Waals surface area (Å²) in [4.78, 5) is 17.7. The number of carbonyl (C=O) groups excluding carboxylic acids is 1. The molecule has 4 rings (SSSR count). The largest absolute Gasteiger partial charge is 0.285 e. The maximum atomic E-state index is 12.7. The van der Waals surface area contributed by atoms with Crippen LogP contribution in [0, 0.1) is 0 Å². The first-order chi connectivity index (χ1) is 12.1. The molecule has 0 saturated carbocycles. The van der Waals surface area contributed by atoms with Crippen LogP contribution in [0.5, 0.6) is 0 Å². The number of halogens is 1. The van der Waals surface area contributed by atoms with Crippen molar-refractivity contribution in [3.63, 3.8) is 0 Å². The number of anilines is 1. The molecule has 25 heavy (non-hydrogen) atoms. The highest BCUT2D eigenvalue weighted by Crippen LogP contribution is 2.34. The summed E-state index contributed by atoms with van der Waals surface area (Å²) in [6.45, 7) is 0. The van der Waals surface area contributed by atoms with Gasteiger partial charge in [-0.15, -0.1) is 0 Å². The van der Waals surface area contributed by atoms with Gasteiger partial charge in [0.15, 0.2) is 4.32 Å². The van der Waals surface area contributed by atoms with Crippen molar-refractivity contribution in [3.05, 3.63) is 63.5 Å². The molecule has 1 N–H and O–H groups in total. The Morgan fingerprint density at radius 3 is 2.84 bits per heavy atom. The molecular formula is C17H10BrN3OS3. The molecule has 124 valence electrons. The third-order valence-corrected chi connectivity index (χ3v) is 6.18. The van der Waals surface area contributed by atoms with Gasteiger partial charge in [-0.1, -0.05) is 63.3 Å². The number of thioether (sulfide) groups is 1. The van der Waals surface area contributed by atoms with Crippen molar-refractivity contribution < 1.29 is 4.79 Å². The van der Waals surface area contributed by atoms with E-state index < -0.39 is 0 Å². The molecule has 1 fully saturated rings. The third-order valence-electron chi connectivity index (χ3n) is 3.44. The summed E-state index contributed by atoms with van der Waals surface area (Å²) in [5.74, 6) is -0.172. The lowest BCUT2D eigenvalue weighted by Crippen LogP contribution is -2.33. The van der Waals surface area contributed by atoms with Gasteiger partial charge in [-0.05, 0) is 48.1 Å². The number of nitrogens with zero attached hydrogens (tertiary/aromatic N) is 2. The number of rotatable bonds is 3. The highest BCUT2D eigenvalue weighted by Gasteiger charge is 2.33. The van der Waals surface area contributed by atoms with Gasteiger partial charge in [0.25, 0.3) is 5.91 Å². The topological polar surface area (TPSA) is 45.2 Å². The van der Waals surface area contributed by atoms with E-state index in [0.717, 1.165) is 20.3 Å². The summed E-state index contributed by atoms with van der Waals surface area (Å²) >= 11 is 11.5. The van der Waals surface area contributed by atoms with Gasteiger partial charge in [0.05, 0.1) is 15.1 Å². The molecule has 0 atom stereocenters. The Hall–Kier alpha value is -1.74. The smallest absolute Gasteiger partial charge is 0.266 e. The fraction of sp³-hybridized carbons (Fsp3) is 0. The van der Waals surface area contributed by atoms with Crippen LogP contribution in [0.2, 0.25) is 0 Å². The van der Waals surface area contributed by atoms with Crippen LogP contribution < -0.4 is 5.43 Å². The van der Waals surface area contributed by atoms with Gasteiger partial charge in [0, 0.05) is 4.47 Å². The Morgan fingerprint density at radius 2 is 2.04 bits per heavy atom. The quantitative estimate of drug-likeness (QED) is 0.436. The molecule has 4 nitrogen and oxygen atoms in total. The Bertz CT molecular complexity index is 998. The molecule has 1 aliphatic rings. The minimum Gasteiger partial charge on any atom is -0.266 e. The zero-order chi connectivity index (χ0) is 17.4. The van der Waals surface area contributed by atoms with Gasteiger partial charge in [-0.3, -0.25) is 10.2 Å². The lowest BCUT2D eigenvalue weighted by molar-refractivity contribution is -0.121. The molecule has 3 aromatic rings. The van der Waals surface area contributed by atoms with Gasteiger partial charge in [-0.2, -0.15) is 5.01 Å². The van der Waals surface area contributed by atoms with Crippen LogP contribution in [0.3, 0.4) is 0 Å². The van der Waals surface area contributed by atoms with E-state index in [1.165, 1.54) is 28.1 Å². The van der Waals surface area contributed by atoms with Crippen LogP contribution in [0.25, 0.3) is 16.3 Å². The first-order valence-corrected chi connectivity index (χ1v) is 10.1. The molecule has 0 radical (unpaired) electrons. The van der Waals surface area contributed by atoms with Crippen LogP contribution in [-0.4, -0.2) is 20.2 Å². The fourth-order valence-electron chi connectivity index (χ4n) is 2.33. The van der Waals surface area contributed by atoms with Gasteiger partial charge in [-0.25, -0.2) is 4.98 Å². The van der Waals surface area contributed by atoms with Crippen molar-refractivity contribution in [1.82, 2.24) is 9.99 Å². The third kappa shape index (κ3) is 3.48. The molecule has 0 aliphatic carbocycles. The van der Waals surface area contributed by atoms with Crippen LogP contribution in [-0.2, 0) is 4.79 Å². The molecule has 0 spiro atoms. The van der Waals surface area contributed by atoms with E-state index >= 15 is 0 Å². The first kappa shape index (κ1) is 16.7. The Morgan fingerprint density at radius 1 is 1.20 bits per heavy atom. The Kier molecular flexibility index (Phi) is 4.60. The summed E-state index contributed by atoms with van der Waals surface area (Å²) in [7, 11) is 0. The highest BCUT2D eigenvalue weighted by molar-refractivity contribution is 9.10. The summed E-state index contributed by atoms with van der Waals surface area (Å²) < 4.78 is 2.48. The Balaban J connectivity index is 1.58. The van der Waals surface area contributed by atoms with E-state index in [2.05, 4.69) is 26.3 Å². The van der Waals surface area contributed by atoms with Gasteiger partial charge < -0.3 is 0 Å². The number of fused-ring (bicyclic) bond motifs is 1. The predicted octanol–water partition coefficient (Wildman–Crippen LogP) is 5.29. The summed E-state index contributed by atoms with van der Waals surface area (Å²) in [5.41, 5.74) is 4.87. The van der Waals surface area contributed by atoms with Crippen molar-refractivity contribution in [2.24, 2.45) is 0 Å². The molecule has 1 saturated heterocycles. The zero-order valence-corrected chi connectivity index (χ0v) is 16.6. The number of carbonyl (C=O) groups is 1. The maximum absolute atomic E-state index is 12.7. The van der Waals surface area contributed by atoms with Crippen molar-refractivity contribution >= 4 is 82.9 Å². The summed E-state index contributed by atoms with van der Waals surface area (Å²) in [6.07, 6.45) is 1.84. The molecule has 8 heteroatoms. The predicted molar refractivity (Wildman–Crippen MR) is 112 cm³/mol. The van der Waals surface area contributed by atoms with Crippen molar-refractivity contribution in [1.29, 1.82) is 0 Å². The number of hydrogen-bond donors (Lipinski definition) is 1. The molecule has 0 unspecified atom stereocenters. The monoisotopic (exact) mass is 447 g/mol. The molecule has 0 bridgehead atoms. The summed E-state index contributed by atoms with van der Waals surface area (Å²) in [5, 5.41) is 2.02. The number of thiocarbonyl (C=S) groups is 1. The highest BCUT2D eigenvalue weighted by atomic mass is 79.9. The first-order valence-electron chi connectivity index (χ1n) is 7.26. The number of hydrogen-bond acceptors (Lipinski definition) is 6. The summed E-state index contributed by atoms with van der Waals surface area (Å²) in [6, 6.07) is 15.6. The SMILES string of the molecule is O=C1/C(=C\c2cccc(Br)c2)SC(=S)N1Nc1nc2ccccc2s1. The minimum atomic E-state index is -0.172. The van der Waals surface area contributed by atoms with E-state index in [0.29, 0.717) is 14.4 Å². The lowest BCUT2D eigenvalue weighted by Gasteiger charge is -2.14. The average Bonchev–Trinajstić information content (AvgIpc) is 3.11. The molecule has 2 heterocycles. The molecule has 1 aromatic heterocycles. The number of amides is 1. The average molecular weight is 448 g/mol. The normalized spacial score (nSPS) is 16.2. The second kappa shape index (κ2) is 6.87. The van der Waals surface area contributed by atoms with Gasteiger partial charge >= 0.3 is 0 Å². The number of thiazole rings is 1. The molecule has 1 amide bonds. The van der Waals surface area contributed by atoms with Crippen LogP contribution in [0.15, 0.2) is 57.9 Å². The second-order valence-corrected chi connectivity index (χ2v) is 8.79. The van der Waals surface area contributed by atoms with Gasteiger partial charge in [0.1, 0.15) is 0 Å². The van der Waals surface area contributed by atoms with Gasteiger partial charge in [0.2, 0.25) is 5.13 Å². The van der Waals surface area contributed by atoms with E-state index in [9.17, 15) is 4.79 Å². The number of nitrogens with one attached hydrogen (secondary N) is 1. The number of aromatic nitrogens is 1. The van der Waals surface area contributed by atoms with Crippen LogP contribution in [0.4, 0.5) is 5.13 Å². The lowest BCUT2D eigenvalue weighted by atomic mass is 10.2. The van der Waals surface area contributed by atoms with Crippen molar-refractivity contribution in [3.8, 4) is 0 Å². The van der Waals surface area contributed by atoms with Crippen LogP contribution in [0.1, 0.15) is 5.56 Å². The van der Waals surface area contributed by atoms with E-state index in [4.69, 9.17) is 12.2 Å². The maximum Gasteiger partial charge on any atom is 0.285 e. The molecular weight excluding hydrogens is 438 g/mol. The standard InChI is InChI=1S/C17H10BrN3OS3/c18-11-5-3-4-10(8-11)9-14-15(22)21(17(23)25-14)20-16-19-12-6-1-2-7-13(12)24-16/h1-9H,(H,19,20)/b14-9+. The molecule has 2 aromatic carbocycles. The number of hydrazine groups is 1. The zero-order valence-electron chi connectivity index (χ0n) is 12.6. The Labute approximate surface area is 166 Å². The van der Waals surface area contributed by atoms with Crippen molar-refractivity contribution in [2.75, 3.05) is 5.43 Å². The van der Waals surface area contributed by atoms with Crippen LogP contribution >= 0.6 is 51.2 Å². The second-order valence-electron chi connectivity index (χ2n) is 5.17. The fourth-order valence-corrected chi connectivity index (χ4v) is 4.78. The number of benzene rings is 2. The van der Waals surface area contributed by atoms with Crippen molar-refractivity contribution in [2.45, 2.75) is 0 Å². The van der Waals surface area contributed by atoms with E-state index in [1.54, 1.807) is 0 Å².